The Morgan fingerprint density at radius 2 is 1.95 bits per heavy atom. The number of nitrogens with one attached hydrogen (secondary N) is 1. The Hall–Kier alpha value is -1.72. The topological polar surface area (TPSA) is 75.6 Å². The molecule has 0 aliphatic heterocycles. The van der Waals surface area contributed by atoms with Gasteiger partial charge in [0.25, 0.3) is 0 Å². The number of carbonyl (C=O) groups is 2. The molecule has 1 unspecified atom stereocenters. The maximum Gasteiger partial charge on any atom is 0.305 e. The van der Waals surface area contributed by atoms with Crippen LogP contribution in [0.25, 0.3) is 0 Å². The molecule has 0 radical (unpaired) electrons. The normalized spacial score (nSPS) is 12.1. The zero-order valence-corrected chi connectivity index (χ0v) is 12.6. The van der Waals surface area contributed by atoms with E-state index in [1.165, 1.54) is 0 Å². The summed E-state index contributed by atoms with van der Waals surface area (Å²) in [5, 5.41) is 12.0. The summed E-state index contributed by atoms with van der Waals surface area (Å²) in [6, 6.07) is 6.45. The molecule has 0 aliphatic rings. The van der Waals surface area contributed by atoms with Crippen LogP contribution < -0.4 is 5.32 Å². The van der Waals surface area contributed by atoms with Gasteiger partial charge < -0.3 is 15.2 Å². The van der Waals surface area contributed by atoms with Crippen molar-refractivity contribution in [1.29, 1.82) is 0 Å². The number of rotatable bonds is 10. The number of hydrogen-bond acceptors (Lipinski definition) is 4. The lowest BCUT2D eigenvalue weighted by Gasteiger charge is -2.16. The van der Waals surface area contributed by atoms with E-state index in [0.717, 1.165) is 12.0 Å². The predicted octanol–water partition coefficient (Wildman–Crippen LogP) is 2.04. The highest BCUT2D eigenvalue weighted by atomic mass is 16.5. The van der Waals surface area contributed by atoms with E-state index in [1.807, 2.05) is 26.0 Å². The fourth-order valence-electron chi connectivity index (χ4n) is 1.95. The lowest BCUT2D eigenvalue weighted by atomic mass is 10.0. The summed E-state index contributed by atoms with van der Waals surface area (Å²) in [7, 11) is 0. The highest BCUT2D eigenvalue weighted by Crippen LogP contribution is 2.09. The Morgan fingerprint density at radius 1 is 1.29 bits per heavy atom. The van der Waals surface area contributed by atoms with Crippen molar-refractivity contribution in [3.8, 4) is 0 Å². The number of carbonyl (C=O) groups excluding carboxylic acids is 1. The molecule has 2 N–H and O–H groups in total. The lowest BCUT2D eigenvalue weighted by molar-refractivity contribution is -0.137. The minimum atomic E-state index is -0.988. The summed E-state index contributed by atoms with van der Waals surface area (Å²) < 4.78 is 5.21. The standard InChI is InChI=1S/C16H23NO4/c1-3-21-10-4-9-17-14(11-15(18)19)16(20)13-7-5-12(2)6-8-13/h5-8,14,17H,3-4,9-11H2,1-2H3,(H,18,19). The Morgan fingerprint density at radius 3 is 2.52 bits per heavy atom. The highest BCUT2D eigenvalue weighted by Gasteiger charge is 2.22. The molecule has 21 heavy (non-hydrogen) atoms. The minimum Gasteiger partial charge on any atom is -0.481 e. The summed E-state index contributed by atoms with van der Waals surface area (Å²) in [5.74, 6) is -1.17. The van der Waals surface area contributed by atoms with E-state index < -0.39 is 12.0 Å². The van der Waals surface area contributed by atoms with Gasteiger partial charge >= 0.3 is 5.97 Å². The first-order valence-electron chi connectivity index (χ1n) is 7.18. The number of carboxylic acid groups (broad SMARTS) is 1. The summed E-state index contributed by atoms with van der Waals surface area (Å²) >= 11 is 0. The molecule has 5 heteroatoms. The molecule has 1 atom stereocenters. The highest BCUT2D eigenvalue weighted by molar-refractivity contribution is 6.01. The van der Waals surface area contributed by atoms with E-state index in [-0.39, 0.29) is 12.2 Å². The van der Waals surface area contributed by atoms with Crippen LogP contribution in [-0.4, -0.2) is 42.7 Å². The van der Waals surface area contributed by atoms with E-state index in [9.17, 15) is 9.59 Å². The summed E-state index contributed by atoms with van der Waals surface area (Å²) in [6.07, 6.45) is 0.520. The third-order valence-corrected chi connectivity index (χ3v) is 3.09. The Kier molecular flexibility index (Phi) is 7.64. The maximum absolute atomic E-state index is 12.4. The molecule has 0 fully saturated rings. The molecule has 116 valence electrons. The van der Waals surface area contributed by atoms with Crippen LogP contribution in [0.3, 0.4) is 0 Å². The molecular weight excluding hydrogens is 270 g/mol. The number of carboxylic acids is 1. The summed E-state index contributed by atoms with van der Waals surface area (Å²) in [5.41, 5.74) is 1.59. The average Bonchev–Trinajstić information content (AvgIpc) is 2.45. The van der Waals surface area contributed by atoms with Crippen molar-refractivity contribution in [2.75, 3.05) is 19.8 Å². The first kappa shape index (κ1) is 17.3. The van der Waals surface area contributed by atoms with Gasteiger partial charge in [0.15, 0.2) is 5.78 Å². The summed E-state index contributed by atoms with van der Waals surface area (Å²) in [4.78, 5) is 23.3. The molecule has 1 aromatic rings. The Labute approximate surface area is 125 Å². The van der Waals surface area contributed by atoms with E-state index in [4.69, 9.17) is 9.84 Å². The second kappa shape index (κ2) is 9.26. The van der Waals surface area contributed by atoms with Crippen molar-refractivity contribution in [3.63, 3.8) is 0 Å². The molecule has 0 heterocycles. The molecule has 0 aliphatic carbocycles. The van der Waals surface area contributed by atoms with Crippen LogP contribution in [0.4, 0.5) is 0 Å². The largest absolute Gasteiger partial charge is 0.481 e. The zero-order valence-electron chi connectivity index (χ0n) is 12.6. The van der Waals surface area contributed by atoms with Gasteiger partial charge in [0, 0.05) is 18.8 Å². The monoisotopic (exact) mass is 293 g/mol. The number of Topliss-reactive ketones (excluding diaryl/α,β-unsaturated/α-hetero) is 1. The van der Waals surface area contributed by atoms with Crippen LogP contribution in [0.2, 0.25) is 0 Å². The van der Waals surface area contributed by atoms with E-state index >= 15 is 0 Å². The fraction of sp³-hybridized carbons (Fsp3) is 0.500. The van der Waals surface area contributed by atoms with Gasteiger partial charge in [0.05, 0.1) is 12.5 Å². The number of aryl methyl sites for hydroxylation is 1. The first-order chi connectivity index (χ1) is 10.0. The van der Waals surface area contributed by atoms with E-state index in [2.05, 4.69) is 5.32 Å². The van der Waals surface area contributed by atoms with Crippen LogP contribution in [-0.2, 0) is 9.53 Å². The Bertz CT molecular complexity index is 456. The smallest absolute Gasteiger partial charge is 0.305 e. The van der Waals surface area contributed by atoms with Crippen molar-refractivity contribution in [1.82, 2.24) is 5.32 Å². The van der Waals surface area contributed by atoms with Crippen LogP contribution in [0, 0.1) is 6.92 Å². The van der Waals surface area contributed by atoms with Crippen molar-refractivity contribution in [2.45, 2.75) is 32.7 Å². The minimum absolute atomic E-state index is 0.186. The van der Waals surface area contributed by atoms with Gasteiger partial charge in [0.2, 0.25) is 0 Å². The molecular formula is C16H23NO4. The van der Waals surface area contributed by atoms with Gasteiger partial charge in [-0.25, -0.2) is 0 Å². The summed E-state index contributed by atoms with van der Waals surface area (Å²) in [6.45, 7) is 5.66. The third kappa shape index (κ3) is 6.51. The van der Waals surface area contributed by atoms with Crippen LogP contribution in [0.1, 0.15) is 35.7 Å². The van der Waals surface area contributed by atoms with Crippen molar-refractivity contribution in [3.05, 3.63) is 35.4 Å². The molecule has 0 aromatic heterocycles. The second-order valence-corrected chi connectivity index (χ2v) is 4.89. The molecule has 0 saturated heterocycles. The van der Waals surface area contributed by atoms with Gasteiger partial charge in [-0.05, 0) is 26.8 Å². The number of ether oxygens (including phenoxy) is 1. The fourth-order valence-corrected chi connectivity index (χ4v) is 1.95. The first-order valence-corrected chi connectivity index (χ1v) is 7.18. The zero-order chi connectivity index (χ0) is 15.7. The van der Waals surface area contributed by atoms with Gasteiger partial charge in [0.1, 0.15) is 0 Å². The maximum atomic E-state index is 12.4. The third-order valence-electron chi connectivity index (χ3n) is 3.09. The molecule has 0 saturated carbocycles. The van der Waals surface area contributed by atoms with Gasteiger partial charge in [-0.15, -0.1) is 0 Å². The van der Waals surface area contributed by atoms with Crippen molar-refractivity contribution in [2.24, 2.45) is 0 Å². The Balaban J connectivity index is 2.61. The molecule has 0 spiro atoms. The SMILES string of the molecule is CCOCCCNC(CC(=O)O)C(=O)c1ccc(C)cc1. The van der Waals surface area contributed by atoms with Gasteiger partial charge in [-0.2, -0.15) is 0 Å². The molecule has 5 nitrogen and oxygen atoms in total. The van der Waals surface area contributed by atoms with Crippen LogP contribution in [0.15, 0.2) is 24.3 Å². The number of ketones is 1. The van der Waals surface area contributed by atoms with Gasteiger partial charge in [-0.1, -0.05) is 29.8 Å². The van der Waals surface area contributed by atoms with E-state index in [0.29, 0.717) is 25.3 Å². The predicted molar refractivity (Wildman–Crippen MR) is 80.7 cm³/mol. The quantitative estimate of drug-likeness (QED) is 0.510. The number of aliphatic carboxylic acids is 1. The average molecular weight is 293 g/mol. The van der Waals surface area contributed by atoms with E-state index in [1.54, 1.807) is 12.1 Å². The molecule has 0 amide bonds. The molecule has 0 bridgehead atoms. The molecule has 1 aromatic carbocycles. The number of benzene rings is 1. The van der Waals surface area contributed by atoms with Crippen molar-refractivity contribution >= 4 is 11.8 Å². The van der Waals surface area contributed by atoms with Crippen LogP contribution in [0.5, 0.6) is 0 Å². The molecule has 1 rings (SSSR count). The van der Waals surface area contributed by atoms with Crippen LogP contribution >= 0.6 is 0 Å². The van der Waals surface area contributed by atoms with Gasteiger partial charge in [-0.3, -0.25) is 9.59 Å². The lowest BCUT2D eigenvalue weighted by Crippen LogP contribution is -2.39. The van der Waals surface area contributed by atoms with Crippen molar-refractivity contribution < 1.29 is 19.4 Å². The second-order valence-electron chi connectivity index (χ2n) is 4.89. The number of hydrogen-bond donors (Lipinski definition) is 2.